The molecule has 0 N–H and O–H groups in total. The van der Waals surface area contributed by atoms with Crippen molar-refractivity contribution in [2.24, 2.45) is 0 Å². The highest BCUT2D eigenvalue weighted by Gasteiger charge is 2.30. The van der Waals surface area contributed by atoms with Crippen LogP contribution in [0.3, 0.4) is 0 Å². The van der Waals surface area contributed by atoms with Crippen LogP contribution in [0, 0.1) is 0 Å². The first-order valence-electron chi connectivity index (χ1n) is 10.9. The monoisotopic (exact) mass is 561 g/mol. The third-order valence-corrected chi connectivity index (χ3v) is 8.34. The van der Waals surface area contributed by atoms with E-state index in [1.54, 1.807) is 35.2 Å². The molecule has 0 radical (unpaired) electrons. The van der Waals surface area contributed by atoms with Gasteiger partial charge in [0, 0.05) is 47.9 Å². The molecule has 0 aromatic heterocycles. The van der Waals surface area contributed by atoms with Gasteiger partial charge in [0.15, 0.2) is 0 Å². The van der Waals surface area contributed by atoms with Crippen LogP contribution in [0.2, 0.25) is 5.02 Å². The molecule has 0 spiro atoms. The molecule has 0 atom stereocenters. The summed E-state index contributed by atoms with van der Waals surface area (Å²) in [6.45, 7) is 2.24. The lowest BCUT2D eigenvalue weighted by Gasteiger charge is -2.37. The van der Waals surface area contributed by atoms with Crippen molar-refractivity contribution in [1.29, 1.82) is 0 Å². The van der Waals surface area contributed by atoms with Crippen LogP contribution in [-0.4, -0.2) is 56.3 Å². The maximum absolute atomic E-state index is 13.4. The van der Waals surface area contributed by atoms with Gasteiger partial charge in [-0.1, -0.05) is 63.9 Å². The van der Waals surface area contributed by atoms with Gasteiger partial charge < -0.3 is 9.80 Å². The number of rotatable bonds is 7. The van der Waals surface area contributed by atoms with Crippen molar-refractivity contribution in [1.82, 2.24) is 9.21 Å². The third kappa shape index (κ3) is 5.99. The average Bonchev–Trinajstić information content (AvgIpc) is 2.85. The Bertz CT molecular complexity index is 1230. The maximum atomic E-state index is 13.4. The van der Waals surface area contributed by atoms with Crippen molar-refractivity contribution >= 4 is 49.1 Å². The molecule has 178 valence electrons. The Morgan fingerprint density at radius 1 is 0.912 bits per heavy atom. The minimum atomic E-state index is -3.85. The summed E-state index contributed by atoms with van der Waals surface area (Å²) in [5.41, 5.74) is 1.82. The van der Waals surface area contributed by atoms with Gasteiger partial charge in [0.2, 0.25) is 15.9 Å². The largest absolute Gasteiger partial charge is 0.368 e. The van der Waals surface area contributed by atoms with Gasteiger partial charge in [0.1, 0.15) is 0 Å². The second-order valence-electron chi connectivity index (χ2n) is 8.06. The molecule has 1 aliphatic heterocycles. The highest BCUT2D eigenvalue weighted by Crippen LogP contribution is 2.22. The van der Waals surface area contributed by atoms with E-state index in [1.807, 2.05) is 48.5 Å². The average molecular weight is 563 g/mol. The predicted octanol–water partition coefficient (Wildman–Crippen LogP) is 4.64. The van der Waals surface area contributed by atoms with E-state index in [-0.39, 0.29) is 23.9 Å². The third-order valence-electron chi connectivity index (χ3n) is 5.77. The van der Waals surface area contributed by atoms with Gasteiger partial charge in [0.05, 0.1) is 11.4 Å². The van der Waals surface area contributed by atoms with Crippen molar-refractivity contribution in [3.63, 3.8) is 0 Å². The fourth-order valence-corrected chi connectivity index (χ4v) is 5.75. The van der Waals surface area contributed by atoms with Crippen molar-refractivity contribution in [2.75, 3.05) is 37.6 Å². The fraction of sp³-hybridized carbons (Fsp3) is 0.240. The molecular formula is C25H25BrClN3O3S. The van der Waals surface area contributed by atoms with E-state index in [4.69, 9.17) is 11.6 Å². The lowest BCUT2D eigenvalue weighted by molar-refractivity contribution is -0.131. The summed E-state index contributed by atoms with van der Waals surface area (Å²) in [6.07, 6.45) is 0. The number of piperazine rings is 1. The number of halogens is 2. The molecule has 3 aromatic carbocycles. The Balaban J connectivity index is 1.48. The van der Waals surface area contributed by atoms with E-state index in [9.17, 15) is 13.2 Å². The topological polar surface area (TPSA) is 60.9 Å². The summed E-state index contributed by atoms with van der Waals surface area (Å²) in [5, 5.41) is 0.672. The van der Waals surface area contributed by atoms with E-state index >= 15 is 0 Å². The molecule has 0 saturated carbocycles. The minimum Gasteiger partial charge on any atom is -0.368 e. The zero-order chi connectivity index (χ0) is 24.1. The van der Waals surface area contributed by atoms with Crippen LogP contribution in [0.25, 0.3) is 0 Å². The van der Waals surface area contributed by atoms with Crippen molar-refractivity contribution in [3.05, 3.63) is 93.9 Å². The molecule has 1 aliphatic rings. The first-order valence-corrected chi connectivity index (χ1v) is 13.5. The van der Waals surface area contributed by atoms with Gasteiger partial charge in [-0.2, -0.15) is 4.31 Å². The molecular weight excluding hydrogens is 538 g/mol. The SMILES string of the molecule is O=C(CN(Cc1ccc(Br)cc1)S(=O)(=O)c1ccccc1)N1CCN(c2cccc(Cl)c2)CC1. The molecule has 1 heterocycles. The Labute approximate surface area is 213 Å². The number of hydrogen-bond donors (Lipinski definition) is 0. The van der Waals surface area contributed by atoms with Gasteiger partial charge in [-0.05, 0) is 48.0 Å². The molecule has 34 heavy (non-hydrogen) atoms. The zero-order valence-electron chi connectivity index (χ0n) is 18.5. The van der Waals surface area contributed by atoms with Crippen molar-refractivity contribution < 1.29 is 13.2 Å². The predicted molar refractivity (Wildman–Crippen MR) is 138 cm³/mol. The van der Waals surface area contributed by atoms with Gasteiger partial charge in [-0.3, -0.25) is 4.79 Å². The number of carbonyl (C=O) groups is 1. The molecule has 1 saturated heterocycles. The van der Waals surface area contributed by atoms with Crippen molar-refractivity contribution in [2.45, 2.75) is 11.4 Å². The summed E-state index contributed by atoms with van der Waals surface area (Å²) in [6, 6.07) is 23.3. The number of carbonyl (C=O) groups excluding carboxylic acids is 1. The van der Waals surface area contributed by atoms with Crippen LogP contribution in [-0.2, 0) is 21.4 Å². The summed E-state index contributed by atoms with van der Waals surface area (Å²) in [5.74, 6) is -0.206. The molecule has 9 heteroatoms. The van der Waals surface area contributed by atoms with E-state index < -0.39 is 10.0 Å². The smallest absolute Gasteiger partial charge is 0.243 e. The van der Waals surface area contributed by atoms with E-state index in [0.717, 1.165) is 15.7 Å². The van der Waals surface area contributed by atoms with Crippen LogP contribution in [0.4, 0.5) is 5.69 Å². The summed E-state index contributed by atoms with van der Waals surface area (Å²) >= 11 is 9.51. The van der Waals surface area contributed by atoms with Crippen LogP contribution in [0.5, 0.6) is 0 Å². The Morgan fingerprint density at radius 3 is 2.24 bits per heavy atom. The molecule has 1 amide bonds. The summed E-state index contributed by atoms with van der Waals surface area (Å²) < 4.78 is 29.0. The highest BCUT2D eigenvalue weighted by molar-refractivity contribution is 9.10. The number of nitrogens with zero attached hydrogens (tertiary/aromatic N) is 3. The molecule has 1 fully saturated rings. The molecule has 0 bridgehead atoms. The molecule has 0 aliphatic carbocycles. The highest BCUT2D eigenvalue weighted by atomic mass is 79.9. The minimum absolute atomic E-state index is 0.110. The molecule has 3 aromatic rings. The number of anilines is 1. The van der Waals surface area contributed by atoms with Gasteiger partial charge in [-0.25, -0.2) is 8.42 Å². The molecule has 6 nitrogen and oxygen atoms in total. The quantitative estimate of drug-likeness (QED) is 0.421. The van der Waals surface area contributed by atoms with Crippen LogP contribution in [0.1, 0.15) is 5.56 Å². The lowest BCUT2D eigenvalue weighted by Crippen LogP contribution is -2.51. The number of benzene rings is 3. The fourth-order valence-electron chi connectivity index (χ4n) is 3.90. The number of hydrogen-bond acceptors (Lipinski definition) is 4. The second kappa shape index (κ2) is 10.9. The normalized spacial score (nSPS) is 14.4. The summed E-state index contributed by atoms with van der Waals surface area (Å²) in [4.78, 5) is 17.3. The van der Waals surface area contributed by atoms with Crippen LogP contribution >= 0.6 is 27.5 Å². The van der Waals surface area contributed by atoms with Gasteiger partial charge >= 0.3 is 0 Å². The van der Waals surface area contributed by atoms with E-state index in [0.29, 0.717) is 31.2 Å². The first kappa shape index (κ1) is 24.7. The number of amides is 1. The van der Waals surface area contributed by atoms with Crippen LogP contribution in [0.15, 0.2) is 88.2 Å². The Morgan fingerprint density at radius 2 is 1.59 bits per heavy atom. The Kier molecular flexibility index (Phi) is 7.93. The standard InChI is InChI=1S/C25H25BrClN3O3S/c26-21-11-9-20(10-12-21)18-30(34(32,33)24-7-2-1-3-8-24)19-25(31)29-15-13-28(14-16-29)23-6-4-5-22(27)17-23/h1-12,17H,13-16,18-19H2. The van der Waals surface area contributed by atoms with E-state index in [2.05, 4.69) is 20.8 Å². The molecule has 0 unspecified atom stereocenters. The first-order chi connectivity index (χ1) is 16.3. The number of sulfonamides is 1. The van der Waals surface area contributed by atoms with E-state index in [1.165, 1.54) is 4.31 Å². The Hall–Kier alpha value is -2.39. The van der Waals surface area contributed by atoms with Gasteiger partial charge in [-0.15, -0.1) is 0 Å². The van der Waals surface area contributed by atoms with Crippen LogP contribution < -0.4 is 4.90 Å². The maximum Gasteiger partial charge on any atom is 0.243 e. The molecule has 4 rings (SSSR count). The van der Waals surface area contributed by atoms with Crippen molar-refractivity contribution in [3.8, 4) is 0 Å². The zero-order valence-corrected chi connectivity index (χ0v) is 21.6. The summed E-state index contributed by atoms with van der Waals surface area (Å²) in [7, 11) is -3.85. The lowest BCUT2D eigenvalue weighted by atomic mass is 10.2. The van der Waals surface area contributed by atoms with Gasteiger partial charge in [0.25, 0.3) is 0 Å². The second-order valence-corrected chi connectivity index (χ2v) is 11.4.